The van der Waals surface area contributed by atoms with E-state index in [-0.39, 0.29) is 0 Å². The van der Waals surface area contributed by atoms with Crippen LogP contribution in [0.2, 0.25) is 0 Å². The Morgan fingerprint density at radius 1 is 0.235 bits per heavy atom. The number of aromatic nitrogens is 2. The maximum absolute atomic E-state index is 6.71. The second kappa shape index (κ2) is 18.9. The van der Waals surface area contributed by atoms with Crippen LogP contribution < -0.4 is 9.80 Å². The van der Waals surface area contributed by atoms with Crippen LogP contribution in [0.1, 0.15) is 0 Å². The topological polar surface area (TPSA) is 29.5 Å². The smallest absolute Gasteiger partial charge is 0.143 e. The minimum atomic E-state index is 0.893. The summed E-state index contributed by atoms with van der Waals surface area (Å²) in [7, 11) is 0. The lowest BCUT2D eigenvalue weighted by Crippen LogP contribution is -2.13. The van der Waals surface area contributed by atoms with Gasteiger partial charge in [-0.25, -0.2) is 0 Å². The van der Waals surface area contributed by atoms with Gasteiger partial charge in [-0.3, -0.25) is 0 Å². The fourth-order valence-electron chi connectivity index (χ4n) is 12.5. The molecular weight excluding hydrogens is 985 g/mol. The lowest BCUT2D eigenvalue weighted by molar-refractivity contribution is 0.672. The standard InChI is InChI=1S/C76H50N4O/c1-6-20-51(21-7-1)52-34-38-60(39-35-52)77(56-22-8-2-9-23-56)62-44-55(45-63(48-62)78(57-24-10-3-11-25-57)61-40-43-73-69(49-61)64-30-16-18-32-71(64)79(73)58-26-12-4-13-27-58)53-37-42-72-68(46-53)70-50-67-54(47-74(70)80(72)59-28-14-5-15-29-59)36-41-66-65-31-17-19-33-75(65)81-76(66)67/h1-50H. The zero-order valence-electron chi connectivity index (χ0n) is 44.1. The van der Waals surface area contributed by atoms with Crippen LogP contribution in [-0.2, 0) is 0 Å². The lowest BCUT2D eigenvalue weighted by atomic mass is 9.98. The van der Waals surface area contributed by atoms with Crippen molar-refractivity contribution in [1.29, 1.82) is 0 Å². The van der Waals surface area contributed by atoms with E-state index < -0.39 is 0 Å². The van der Waals surface area contributed by atoms with Gasteiger partial charge in [0.1, 0.15) is 11.2 Å². The largest absolute Gasteiger partial charge is 0.455 e. The number of benzene rings is 13. The molecule has 0 bridgehead atoms. The van der Waals surface area contributed by atoms with Crippen molar-refractivity contribution in [1.82, 2.24) is 9.13 Å². The molecule has 3 aromatic heterocycles. The monoisotopic (exact) mass is 1030 g/mol. The van der Waals surface area contributed by atoms with E-state index in [9.17, 15) is 0 Å². The lowest BCUT2D eigenvalue weighted by Gasteiger charge is -2.30. The van der Waals surface area contributed by atoms with Crippen LogP contribution in [0.5, 0.6) is 0 Å². The van der Waals surface area contributed by atoms with Crippen molar-refractivity contribution in [3.8, 4) is 33.6 Å². The van der Waals surface area contributed by atoms with Gasteiger partial charge in [0.15, 0.2) is 0 Å². The summed E-state index contributed by atoms with van der Waals surface area (Å²) in [5.74, 6) is 0. The van der Waals surface area contributed by atoms with E-state index in [2.05, 4.69) is 316 Å². The van der Waals surface area contributed by atoms with Gasteiger partial charge >= 0.3 is 0 Å². The Kier molecular flexibility index (Phi) is 10.8. The van der Waals surface area contributed by atoms with Crippen LogP contribution in [0.4, 0.5) is 34.1 Å². The summed E-state index contributed by atoms with van der Waals surface area (Å²) in [6.07, 6.45) is 0. The molecular formula is C76H50N4O. The highest BCUT2D eigenvalue weighted by Crippen LogP contribution is 2.47. The van der Waals surface area contributed by atoms with Crippen LogP contribution >= 0.6 is 0 Å². The number of rotatable bonds is 10. The SMILES string of the molecule is c1ccc(-c2ccc(N(c3ccccc3)c3cc(-c4ccc5c(c4)c4cc6c(ccc7c8ccccc8oc67)cc4n5-c4ccccc4)cc(N(c4ccccc4)c4ccc5c(c4)c4ccccc4n5-c4ccccc4)c3)cc2)cc1. The predicted molar refractivity (Wildman–Crippen MR) is 340 cm³/mol. The molecule has 0 spiro atoms. The normalized spacial score (nSPS) is 11.7. The Hall–Kier alpha value is -10.9. The Morgan fingerprint density at radius 2 is 0.716 bits per heavy atom. The van der Waals surface area contributed by atoms with E-state index >= 15 is 0 Å². The molecule has 0 aliphatic rings. The first-order valence-electron chi connectivity index (χ1n) is 27.6. The minimum absolute atomic E-state index is 0.893. The van der Waals surface area contributed by atoms with Gasteiger partial charge in [-0.1, -0.05) is 164 Å². The summed E-state index contributed by atoms with van der Waals surface area (Å²) in [6, 6.07) is 110. The molecule has 0 aliphatic carbocycles. The molecule has 13 aromatic carbocycles. The molecule has 81 heavy (non-hydrogen) atoms. The molecule has 3 heterocycles. The Labute approximate surface area is 468 Å². The third-order valence-corrected chi connectivity index (χ3v) is 16.2. The summed E-state index contributed by atoms with van der Waals surface area (Å²) in [6.45, 7) is 0. The van der Waals surface area contributed by atoms with Crippen molar-refractivity contribution in [3.05, 3.63) is 303 Å². The summed E-state index contributed by atoms with van der Waals surface area (Å²) >= 11 is 0. The minimum Gasteiger partial charge on any atom is -0.455 e. The van der Waals surface area contributed by atoms with Gasteiger partial charge in [-0.15, -0.1) is 0 Å². The molecule has 0 aliphatic heterocycles. The number of hydrogen-bond donors (Lipinski definition) is 0. The van der Waals surface area contributed by atoms with E-state index in [0.29, 0.717) is 0 Å². The third-order valence-electron chi connectivity index (χ3n) is 16.2. The van der Waals surface area contributed by atoms with Gasteiger partial charge in [0.2, 0.25) is 0 Å². The van der Waals surface area contributed by atoms with Crippen LogP contribution in [0.15, 0.2) is 308 Å². The van der Waals surface area contributed by atoms with Gasteiger partial charge < -0.3 is 23.4 Å². The van der Waals surface area contributed by atoms with Crippen LogP contribution in [0.3, 0.4) is 0 Å². The number of anilines is 6. The molecule has 16 rings (SSSR count). The Bertz CT molecular complexity index is 5030. The average molecular weight is 1040 g/mol. The van der Waals surface area contributed by atoms with Gasteiger partial charge in [-0.2, -0.15) is 0 Å². The number of nitrogens with zero attached hydrogens (tertiary/aromatic N) is 4. The van der Waals surface area contributed by atoms with E-state index in [4.69, 9.17) is 4.42 Å². The summed E-state index contributed by atoms with van der Waals surface area (Å²) < 4.78 is 11.5. The van der Waals surface area contributed by atoms with Gasteiger partial charge in [0.05, 0.1) is 22.1 Å². The Morgan fingerprint density at radius 3 is 1.40 bits per heavy atom. The van der Waals surface area contributed by atoms with Crippen molar-refractivity contribution in [3.63, 3.8) is 0 Å². The first-order valence-corrected chi connectivity index (χ1v) is 27.6. The summed E-state index contributed by atoms with van der Waals surface area (Å²) in [5, 5.41) is 9.17. The predicted octanol–water partition coefficient (Wildman–Crippen LogP) is 21.2. The summed E-state index contributed by atoms with van der Waals surface area (Å²) in [4.78, 5) is 4.82. The molecule has 16 aromatic rings. The first-order chi connectivity index (χ1) is 40.2. The first kappa shape index (κ1) is 46.2. The van der Waals surface area contributed by atoms with Crippen molar-refractivity contribution in [2.75, 3.05) is 9.80 Å². The van der Waals surface area contributed by atoms with E-state index in [1.165, 1.54) is 21.9 Å². The van der Waals surface area contributed by atoms with Gasteiger partial charge in [-0.05, 0) is 167 Å². The number of hydrogen-bond acceptors (Lipinski definition) is 3. The van der Waals surface area contributed by atoms with E-state index in [0.717, 1.165) is 122 Å². The van der Waals surface area contributed by atoms with Gasteiger partial charge in [0, 0.05) is 83.2 Å². The fourth-order valence-corrected chi connectivity index (χ4v) is 12.5. The zero-order chi connectivity index (χ0) is 53.4. The van der Waals surface area contributed by atoms with Crippen molar-refractivity contribution >= 4 is 110 Å². The number of fused-ring (bicyclic) bond motifs is 11. The van der Waals surface area contributed by atoms with Crippen molar-refractivity contribution < 1.29 is 4.42 Å². The van der Waals surface area contributed by atoms with E-state index in [1.807, 2.05) is 6.07 Å². The molecule has 0 unspecified atom stereocenters. The second-order valence-corrected chi connectivity index (χ2v) is 20.9. The molecule has 5 heteroatoms. The molecule has 0 radical (unpaired) electrons. The number of furan rings is 1. The molecule has 380 valence electrons. The highest BCUT2D eigenvalue weighted by molar-refractivity contribution is 6.21. The maximum Gasteiger partial charge on any atom is 0.143 e. The molecule has 0 amide bonds. The quantitative estimate of drug-likeness (QED) is 0.137. The Balaban J connectivity index is 0.953. The van der Waals surface area contributed by atoms with Crippen molar-refractivity contribution in [2.24, 2.45) is 0 Å². The molecule has 0 atom stereocenters. The maximum atomic E-state index is 6.71. The molecule has 0 saturated carbocycles. The average Bonchev–Trinajstić information content (AvgIpc) is 3.54. The number of para-hydroxylation sites is 6. The van der Waals surface area contributed by atoms with Gasteiger partial charge in [0.25, 0.3) is 0 Å². The molecule has 0 N–H and O–H groups in total. The summed E-state index contributed by atoms with van der Waals surface area (Å²) in [5.41, 5.74) is 19.4. The van der Waals surface area contributed by atoms with Crippen molar-refractivity contribution in [2.45, 2.75) is 0 Å². The second-order valence-electron chi connectivity index (χ2n) is 20.9. The van der Waals surface area contributed by atoms with E-state index in [1.54, 1.807) is 0 Å². The third kappa shape index (κ3) is 7.78. The molecule has 5 nitrogen and oxygen atoms in total. The van der Waals surface area contributed by atoms with Crippen LogP contribution in [0.25, 0.3) is 110 Å². The zero-order valence-corrected chi connectivity index (χ0v) is 44.1. The highest BCUT2D eigenvalue weighted by atomic mass is 16.3. The van der Waals surface area contributed by atoms with Crippen LogP contribution in [-0.4, -0.2) is 9.13 Å². The molecule has 0 saturated heterocycles. The van der Waals surface area contributed by atoms with Crippen LogP contribution in [0, 0.1) is 0 Å². The fraction of sp³-hybridized carbons (Fsp3) is 0. The molecule has 0 fully saturated rings. The highest BCUT2D eigenvalue weighted by Gasteiger charge is 2.23.